The molecule has 0 radical (unpaired) electrons. The minimum Gasteiger partial charge on any atom is -0.343 e. The molecule has 3 heteroatoms. The molecule has 1 heterocycles. The summed E-state index contributed by atoms with van der Waals surface area (Å²) >= 11 is 0. The zero-order valence-electron chi connectivity index (χ0n) is 11.7. The maximum atomic E-state index is 11.3. The molecule has 1 aliphatic rings. The molecule has 0 aromatic rings. The van der Waals surface area contributed by atoms with Crippen LogP contribution in [0.1, 0.15) is 52.9 Å². The van der Waals surface area contributed by atoms with Crippen LogP contribution in [0.4, 0.5) is 0 Å². The molecule has 100 valence electrons. The Labute approximate surface area is 106 Å². The Bertz CT molecular complexity index is 230. The van der Waals surface area contributed by atoms with Crippen LogP contribution in [0, 0.1) is 0 Å². The Morgan fingerprint density at radius 1 is 1.35 bits per heavy atom. The zero-order chi connectivity index (χ0) is 12.7. The fourth-order valence-electron chi connectivity index (χ4n) is 2.82. The average molecular weight is 240 g/mol. The van der Waals surface area contributed by atoms with Gasteiger partial charge in [-0.3, -0.25) is 4.79 Å². The van der Waals surface area contributed by atoms with Crippen molar-refractivity contribution in [1.82, 2.24) is 9.80 Å². The number of rotatable bonds is 6. The lowest BCUT2D eigenvalue weighted by molar-refractivity contribution is -0.128. The number of likely N-dealkylation sites (tertiary alicyclic amines) is 1. The largest absolute Gasteiger partial charge is 0.343 e. The lowest BCUT2D eigenvalue weighted by Gasteiger charge is -2.35. The third-order valence-corrected chi connectivity index (χ3v) is 3.92. The van der Waals surface area contributed by atoms with Crippen LogP contribution in [-0.4, -0.2) is 47.9 Å². The van der Waals surface area contributed by atoms with Crippen LogP contribution in [-0.2, 0) is 4.79 Å². The monoisotopic (exact) mass is 240 g/mol. The number of carbonyl (C=O) groups is 1. The van der Waals surface area contributed by atoms with Crippen LogP contribution in [0.3, 0.4) is 0 Å². The molecule has 1 unspecified atom stereocenters. The lowest BCUT2D eigenvalue weighted by Crippen LogP contribution is -2.41. The molecule has 1 saturated heterocycles. The van der Waals surface area contributed by atoms with Gasteiger partial charge < -0.3 is 9.80 Å². The SMILES string of the molecule is CCC1CCCCN1CCCN(CC)C(C)=O. The maximum absolute atomic E-state index is 11.3. The molecule has 0 bridgehead atoms. The number of nitrogens with zero attached hydrogens (tertiary/aromatic N) is 2. The van der Waals surface area contributed by atoms with Gasteiger partial charge in [-0.15, -0.1) is 0 Å². The normalized spacial score (nSPS) is 21.5. The minimum absolute atomic E-state index is 0.207. The third-order valence-electron chi connectivity index (χ3n) is 3.92. The summed E-state index contributed by atoms with van der Waals surface area (Å²) in [7, 11) is 0. The van der Waals surface area contributed by atoms with Crippen LogP contribution < -0.4 is 0 Å². The summed E-state index contributed by atoms with van der Waals surface area (Å²) in [4.78, 5) is 15.8. The summed E-state index contributed by atoms with van der Waals surface area (Å²) in [5.74, 6) is 0.207. The Kier molecular flexibility index (Phi) is 6.56. The van der Waals surface area contributed by atoms with Gasteiger partial charge in [-0.1, -0.05) is 13.3 Å². The van der Waals surface area contributed by atoms with Crippen molar-refractivity contribution in [3.05, 3.63) is 0 Å². The molecule has 0 aliphatic carbocycles. The van der Waals surface area contributed by atoms with E-state index in [2.05, 4.69) is 18.7 Å². The molecular formula is C14H28N2O. The van der Waals surface area contributed by atoms with E-state index >= 15 is 0 Å². The van der Waals surface area contributed by atoms with Crippen molar-refractivity contribution in [3.8, 4) is 0 Å². The first-order valence-corrected chi connectivity index (χ1v) is 7.18. The first kappa shape index (κ1) is 14.5. The molecule has 17 heavy (non-hydrogen) atoms. The fraction of sp³-hybridized carbons (Fsp3) is 0.929. The highest BCUT2D eigenvalue weighted by atomic mass is 16.2. The number of hydrogen-bond acceptors (Lipinski definition) is 2. The topological polar surface area (TPSA) is 23.6 Å². The predicted octanol–water partition coefficient (Wildman–Crippen LogP) is 2.51. The summed E-state index contributed by atoms with van der Waals surface area (Å²) in [6.45, 7) is 10.2. The molecule has 0 spiro atoms. The van der Waals surface area contributed by atoms with Crippen molar-refractivity contribution >= 4 is 5.91 Å². The van der Waals surface area contributed by atoms with E-state index in [9.17, 15) is 4.79 Å². The Morgan fingerprint density at radius 2 is 2.12 bits per heavy atom. The van der Waals surface area contributed by atoms with E-state index in [-0.39, 0.29) is 5.91 Å². The van der Waals surface area contributed by atoms with Gasteiger partial charge in [0.25, 0.3) is 0 Å². The minimum atomic E-state index is 0.207. The summed E-state index contributed by atoms with van der Waals surface area (Å²) < 4.78 is 0. The highest BCUT2D eigenvalue weighted by Gasteiger charge is 2.20. The second-order valence-corrected chi connectivity index (χ2v) is 5.05. The molecule has 1 atom stereocenters. The maximum Gasteiger partial charge on any atom is 0.219 e. The molecule has 1 aliphatic heterocycles. The zero-order valence-corrected chi connectivity index (χ0v) is 11.7. The van der Waals surface area contributed by atoms with Gasteiger partial charge in [0.2, 0.25) is 5.91 Å². The summed E-state index contributed by atoms with van der Waals surface area (Å²) in [5, 5.41) is 0. The van der Waals surface area contributed by atoms with Gasteiger partial charge in [0.1, 0.15) is 0 Å². The van der Waals surface area contributed by atoms with Gasteiger partial charge in [-0.05, 0) is 39.2 Å². The van der Waals surface area contributed by atoms with Crippen molar-refractivity contribution in [2.45, 2.75) is 58.9 Å². The molecular weight excluding hydrogens is 212 g/mol. The molecule has 0 saturated carbocycles. The summed E-state index contributed by atoms with van der Waals surface area (Å²) in [6, 6.07) is 0.788. The van der Waals surface area contributed by atoms with E-state index in [1.54, 1.807) is 6.92 Å². The first-order chi connectivity index (χ1) is 8.19. The van der Waals surface area contributed by atoms with Crippen molar-refractivity contribution < 1.29 is 4.79 Å². The number of piperidine rings is 1. The van der Waals surface area contributed by atoms with Gasteiger partial charge in [0.05, 0.1) is 0 Å². The van der Waals surface area contributed by atoms with Crippen molar-refractivity contribution in [3.63, 3.8) is 0 Å². The van der Waals surface area contributed by atoms with E-state index < -0.39 is 0 Å². The Hall–Kier alpha value is -0.570. The highest BCUT2D eigenvalue weighted by Crippen LogP contribution is 2.19. The van der Waals surface area contributed by atoms with Crippen LogP contribution in [0.2, 0.25) is 0 Å². The summed E-state index contributed by atoms with van der Waals surface area (Å²) in [5.41, 5.74) is 0. The fourth-order valence-corrected chi connectivity index (χ4v) is 2.82. The lowest BCUT2D eigenvalue weighted by atomic mass is 10.00. The van der Waals surface area contributed by atoms with Crippen molar-refractivity contribution in [1.29, 1.82) is 0 Å². The van der Waals surface area contributed by atoms with E-state index in [1.165, 1.54) is 32.2 Å². The van der Waals surface area contributed by atoms with E-state index in [0.29, 0.717) is 0 Å². The molecule has 1 amide bonds. The molecule has 3 nitrogen and oxygen atoms in total. The van der Waals surface area contributed by atoms with Gasteiger partial charge in [0, 0.05) is 32.6 Å². The number of carbonyl (C=O) groups excluding carboxylic acids is 1. The van der Waals surface area contributed by atoms with E-state index in [4.69, 9.17) is 0 Å². The van der Waals surface area contributed by atoms with Gasteiger partial charge in [0.15, 0.2) is 0 Å². The molecule has 1 fully saturated rings. The van der Waals surface area contributed by atoms with Crippen LogP contribution in [0.5, 0.6) is 0 Å². The van der Waals surface area contributed by atoms with E-state index in [1.807, 2.05) is 4.90 Å². The Balaban J connectivity index is 2.26. The second-order valence-electron chi connectivity index (χ2n) is 5.05. The average Bonchev–Trinajstić information content (AvgIpc) is 2.34. The molecule has 0 N–H and O–H groups in total. The van der Waals surface area contributed by atoms with Crippen molar-refractivity contribution in [2.75, 3.05) is 26.2 Å². The quantitative estimate of drug-likeness (QED) is 0.712. The number of hydrogen-bond donors (Lipinski definition) is 0. The van der Waals surface area contributed by atoms with Crippen LogP contribution in [0.25, 0.3) is 0 Å². The molecule has 0 aromatic carbocycles. The Morgan fingerprint density at radius 3 is 2.71 bits per heavy atom. The smallest absolute Gasteiger partial charge is 0.219 e. The van der Waals surface area contributed by atoms with Crippen molar-refractivity contribution in [2.24, 2.45) is 0 Å². The first-order valence-electron chi connectivity index (χ1n) is 7.18. The second kappa shape index (κ2) is 7.70. The molecule has 1 rings (SSSR count). The molecule has 0 aromatic heterocycles. The third kappa shape index (κ3) is 4.66. The number of amides is 1. The predicted molar refractivity (Wildman–Crippen MR) is 72.0 cm³/mol. The van der Waals surface area contributed by atoms with Crippen LogP contribution in [0.15, 0.2) is 0 Å². The summed E-state index contributed by atoms with van der Waals surface area (Å²) in [6.07, 6.45) is 6.49. The van der Waals surface area contributed by atoms with Gasteiger partial charge in [-0.2, -0.15) is 0 Å². The van der Waals surface area contributed by atoms with Crippen LogP contribution >= 0.6 is 0 Å². The highest BCUT2D eigenvalue weighted by molar-refractivity contribution is 5.73. The van der Waals surface area contributed by atoms with Gasteiger partial charge in [-0.25, -0.2) is 0 Å². The standard InChI is InChI=1S/C14H28N2O/c1-4-14-9-6-7-10-16(14)12-8-11-15(5-2)13(3)17/h14H,4-12H2,1-3H3. The van der Waals surface area contributed by atoms with Gasteiger partial charge >= 0.3 is 0 Å². The van der Waals surface area contributed by atoms with E-state index in [0.717, 1.165) is 32.1 Å².